The summed E-state index contributed by atoms with van der Waals surface area (Å²) in [6.45, 7) is 0. The monoisotopic (exact) mass is 713 g/mol. The van der Waals surface area contributed by atoms with Crippen molar-refractivity contribution in [2.24, 2.45) is 0 Å². The lowest BCUT2D eigenvalue weighted by Crippen LogP contribution is -2.10. The molecule has 262 valence electrons. The molecule has 0 fully saturated rings. The highest BCUT2D eigenvalue weighted by Gasteiger charge is 2.18. The quantitative estimate of drug-likeness (QED) is 0.171. The molecule has 0 aliphatic carbocycles. The standard InChI is InChI=1S/C54H35NO/c1-4-15-45-38(10-1)13-7-18-46(45)41-24-22-36(23-25-41)37-26-31-43(32-27-37)55(51-20-8-14-39-11-2-5-16-47(39)51)44-33-28-42(29-34-44)48-19-9-21-52-53(48)50-35-30-40-12-3-6-17-49(40)54(50)56-52/h1-35H. The molecule has 0 aliphatic rings. The zero-order valence-electron chi connectivity index (χ0n) is 30.6. The van der Waals surface area contributed by atoms with Crippen molar-refractivity contribution in [1.82, 2.24) is 0 Å². The molecule has 11 aromatic rings. The molecule has 11 rings (SSSR count). The molecular weight excluding hydrogens is 679 g/mol. The number of rotatable bonds is 6. The normalized spacial score (nSPS) is 11.6. The molecule has 2 heteroatoms. The van der Waals surface area contributed by atoms with Crippen LogP contribution in [-0.2, 0) is 0 Å². The van der Waals surface area contributed by atoms with E-state index in [1.54, 1.807) is 0 Å². The van der Waals surface area contributed by atoms with Crippen LogP contribution in [0.4, 0.5) is 17.1 Å². The third-order valence-electron chi connectivity index (χ3n) is 11.3. The van der Waals surface area contributed by atoms with Crippen LogP contribution in [0.2, 0.25) is 0 Å². The van der Waals surface area contributed by atoms with Gasteiger partial charge in [0, 0.05) is 32.9 Å². The van der Waals surface area contributed by atoms with Crippen LogP contribution >= 0.6 is 0 Å². The van der Waals surface area contributed by atoms with Crippen LogP contribution in [0.3, 0.4) is 0 Å². The van der Waals surface area contributed by atoms with Gasteiger partial charge in [0.2, 0.25) is 0 Å². The number of anilines is 3. The fourth-order valence-corrected chi connectivity index (χ4v) is 8.54. The van der Waals surface area contributed by atoms with E-state index >= 15 is 0 Å². The highest BCUT2D eigenvalue weighted by Crippen LogP contribution is 2.43. The molecule has 0 spiro atoms. The first kappa shape index (κ1) is 32.0. The molecule has 1 heterocycles. The molecule has 0 saturated heterocycles. The molecule has 0 atom stereocenters. The molecule has 2 nitrogen and oxygen atoms in total. The average Bonchev–Trinajstić information content (AvgIpc) is 3.67. The summed E-state index contributed by atoms with van der Waals surface area (Å²) in [6.07, 6.45) is 0. The van der Waals surface area contributed by atoms with Gasteiger partial charge >= 0.3 is 0 Å². The van der Waals surface area contributed by atoms with Gasteiger partial charge in [-0.15, -0.1) is 0 Å². The van der Waals surface area contributed by atoms with Crippen molar-refractivity contribution in [2.75, 3.05) is 4.90 Å². The van der Waals surface area contributed by atoms with Gasteiger partial charge in [-0.1, -0.05) is 170 Å². The third-order valence-corrected chi connectivity index (χ3v) is 11.3. The highest BCUT2D eigenvalue weighted by molar-refractivity contribution is 6.19. The molecule has 0 unspecified atom stereocenters. The van der Waals surface area contributed by atoms with Crippen molar-refractivity contribution >= 4 is 71.3 Å². The van der Waals surface area contributed by atoms with Gasteiger partial charge in [-0.2, -0.15) is 0 Å². The second-order valence-electron chi connectivity index (χ2n) is 14.5. The molecule has 0 aliphatic heterocycles. The van der Waals surface area contributed by atoms with E-state index in [0.717, 1.165) is 55.5 Å². The van der Waals surface area contributed by atoms with Crippen LogP contribution in [0.15, 0.2) is 217 Å². The van der Waals surface area contributed by atoms with E-state index in [4.69, 9.17) is 4.42 Å². The van der Waals surface area contributed by atoms with E-state index in [1.165, 1.54) is 49.2 Å². The predicted octanol–water partition coefficient (Wildman–Crippen LogP) is 15.5. The van der Waals surface area contributed by atoms with Crippen molar-refractivity contribution in [3.63, 3.8) is 0 Å². The zero-order valence-corrected chi connectivity index (χ0v) is 30.6. The van der Waals surface area contributed by atoms with Gasteiger partial charge in [0.25, 0.3) is 0 Å². The van der Waals surface area contributed by atoms with Gasteiger partial charge in [0.1, 0.15) is 11.2 Å². The number of hydrogen-bond donors (Lipinski definition) is 0. The lowest BCUT2D eigenvalue weighted by Gasteiger charge is -2.27. The van der Waals surface area contributed by atoms with E-state index in [2.05, 4.69) is 217 Å². The van der Waals surface area contributed by atoms with Crippen molar-refractivity contribution in [3.8, 4) is 33.4 Å². The Kier molecular flexibility index (Phi) is 7.53. The summed E-state index contributed by atoms with van der Waals surface area (Å²) in [4.78, 5) is 2.37. The lowest BCUT2D eigenvalue weighted by atomic mass is 9.96. The number of furan rings is 1. The molecule has 10 aromatic carbocycles. The second-order valence-corrected chi connectivity index (χ2v) is 14.5. The van der Waals surface area contributed by atoms with Crippen molar-refractivity contribution in [2.45, 2.75) is 0 Å². The first-order valence-electron chi connectivity index (χ1n) is 19.2. The highest BCUT2D eigenvalue weighted by atomic mass is 16.3. The summed E-state index contributed by atoms with van der Waals surface area (Å²) in [6, 6.07) is 76.4. The Balaban J connectivity index is 0.976. The second kappa shape index (κ2) is 13.2. The fourth-order valence-electron chi connectivity index (χ4n) is 8.54. The minimum absolute atomic E-state index is 0.901. The van der Waals surface area contributed by atoms with Crippen LogP contribution < -0.4 is 4.90 Å². The van der Waals surface area contributed by atoms with Crippen molar-refractivity contribution < 1.29 is 4.42 Å². The molecule has 0 bridgehead atoms. The zero-order chi connectivity index (χ0) is 37.0. The summed E-state index contributed by atoms with van der Waals surface area (Å²) in [5.74, 6) is 0. The van der Waals surface area contributed by atoms with Crippen LogP contribution in [0.25, 0.3) is 87.6 Å². The van der Waals surface area contributed by atoms with Gasteiger partial charge in [-0.3, -0.25) is 0 Å². The maximum atomic E-state index is 6.52. The topological polar surface area (TPSA) is 16.4 Å². The molecular formula is C54H35NO. The van der Waals surface area contributed by atoms with Gasteiger partial charge in [-0.05, 0) is 97.4 Å². The van der Waals surface area contributed by atoms with E-state index in [9.17, 15) is 0 Å². The van der Waals surface area contributed by atoms with Crippen LogP contribution in [-0.4, -0.2) is 0 Å². The van der Waals surface area contributed by atoms with E-state index in [0.29, 0.717) is 0 Å². The average molecular weight is 714 g/mol. The van der Waals surface area contributed by atoms with Crippen LogP contribution in [0, 0.1) is 0 Å². The number of nitrogens with zero attached hydrogens (tertiary/aromatic N) is 1. The molecule has 1 aromatic heterocycles. The minimum atomic E-state index is 0.901. The smallest absolute Gasteiger partial charge is 0.143 e. The van der Waals surface area contributed by atoms with Crippen molar-refractivity contribution in [1.29, 1.82) is 0 Å². The van der Waals surface area contributed by atoms with Gasteiger partial charge in [-0.25, -0.2) is 0 Å². The summed E-state index contributed by atoms with van der Waals surface area (Å²) < 4.78 is 6.52. The predicted molar refractivity (Wildman–Crippen MR) is 237 cm³/mol. The lowest BCUT2D eigenvalue weighted by molar-refractivity contribution is 0.673. The molecule has 0 amide bonds. The Labute approximate surface area is 325 Å². The molecule has 0 N–H and O–H groups in total. The fraction of sp³-hybridized carbons (Fsp3) is 0. The Morgan fingerprint density at radius 2 is 0.786 bits per heavy atom. The van der Waals surface area contributed by atoms with E-state index in [1.807, 2.05) is 0 Å². The first-order chi connectivity index (χ1) is 27.8. The molecule has 0 saturated carbocycles. The van der Waals surface area contributed by atoms with Crippen LogP contribution in [0.5, 0.6) is 0 Å². The molecule has 56 heavy (non-hydrogen) atoms. The molecule has 0 radical (unpaired) electrons. The number of benzene rings is 10. The summed E-state index contributed by atoms with van der Waals surface area (Å²) in [7, 11) is 0. The van der Waals surface area contributed by atoms with Gasteiger partial charge in [0.05, 0.1) is 5.69 Å². The first-order valence-corrected chi connectivity index (χ1v) is 19.2. The van der Waals surface area contributed by atoms with Gasteiger partial charge < -0.3 is 9.32 Å². The number of hydrogen-bond acceptors (Lipinski definition) is 2. The summed E-state index contributed by atoms with van der Waals surface area (Å²) in [5, 5.41) is 9.54. The number of fused-ring (bicyclic) bond motifs is 7. The Morgan fingerprint density at radius 3 is 1.50 bits per heavy atom. The third kappa shape index (κ3) is 5.34. The summed E-state index contributed by atoms with van der Waals surface area (Å²) >= 11 is 0. The maximum Gasteiger partial charge on any atom is 0.143 e. The van der Waals surface area contributed by atoms with Crippen LogP contribution in [0.1, 0.15) is 0 Å². The van der Waals surface area contributed by atoms with Crippen molar-refractivity contribution in [3.05, 3.63) is 212 Å². The Bertz CT molecular complexity index is 3220. The Hall–Kier alpha value is -7.42. The van der Waals surface area contributed by atoms with E-state index in [-0.39, 0.29) is 0 Å². The SMILES string of the molecule is c1ccc2c(-c3ccc(-c4ccc(N(c5ccc(-c6cccc7oc8c9ccccc9ccc8c67)cc5)c5cccc6ccccc56)cc4)cc3)cccc2c1. The van der Waals surface area contributed by atoms with Gasteiger partial charge in [0.15, 0.2) is 0 Å². The minimum Gasteiger partial charge on any atom is -0.455 e. The maximum absolute atomic E-state index is 6.52. The largest absolute Gasteiger partial charge is 0.455 e. The Morgan fingerprint density at radius 1 is 0.304 bits per heavy atom. The van der Waals surface area contributed by atoms with E-state index < -0.39 is 0 Å². The summed E-state index contributed by atoms with van der Waals surface area (Å²) in [5.41, 5.74) is 12.3.